The summed E-state index contributed by atoms with van der Waals surface area (Å²) < 4.78 is 1.71. The number of aryl methyl sites for hydroxylation is 1. The highest BCUT2D eigenvalue weighted by molar-refractivity contribution is 5.98. The fraction of sp³-hybridized carbons (Fsp3) is 0.421. The van der Waals surface area contributed by atoms with E-state index in [9.17, 15) is 4.79 Å². The second kappa shape index (κ2) is 9.07. The minimum atomic E-state index is 0.0583. The molecule has 27 heavy (non-hydrogen) atoms. The molecule has 8 nitrogen and oxygen atoms in total. The van der Waals surface area contributed by atoms with Gasteiger partial charge in [0.15, 0.2) is 5.96 Å². The van der Waals surface area contributed by atoms with Crippen molar-refractivity contribution < 1.29 is 4.79 Å². The van der Waals surface area contributed by atoms with Gasteiger partial charge in [-0.25, -0.2) is 0 Å². The largest absolute Gasteiger partial charge is 0.385 e. The summed E-state index contributed by atoms with van der Waals surface area (Å²) in [4.78, 5) is 20.6. The summed E-state index contributed by atoms with van der Waals surface area (Å²) in [5.74, 6) is 0.830. The SMILES string of the molecule is CN=C(NCCCNc1ccccc1)N1CCN(c2cnn(C)c2)C(=O)C1. The van der Waals surface area contributed by atoms with Gasteiger partial charge in [-0.1, -0.05) is 18.2 Å². The quantitative estimate of drug-likeness (QED) is 0.454. The maximum absolute atomic E-state index is 12.5. The van der Waals surface area contributed by atoms with Gasteiger partial charge < -0.3 is 20.4 Å². The van der Waals surface area contributed by atoms with Crippen molar-refractivity contribution in [3.05, 3.63) is 42.7 Å². The van der Waals surface area contributed by atoms with Crippen LogP contribution < -0.4 is 15.5 Å². The van der Waals surface area contributed by atoms with E-state index in [1.807, 2.05) is 36.3 Å². The number of rotatable bonds is 6. The van der Waals surface area contributed by atoms with E-state index in [0.29, 0.717) is 13.1 Å². The van der Waals surface area contributed by atoms with Gasteiger partial charge >= 0.3 is 0 Å². The Hall–Kier alpha value is -3.03. The molecule has 0 saturated carbocycles. The van der Waals surface area contributed by atoms with Crippen molar-refractivity contribution in [1.82, 2.24) is 20.0 Å². The number of benzene rings is 1. The van der Waals surface area contributed by atoms with Crippen molar-refractivity contribution >= 4 is 23.2 Å². The standard InChI is InChI=1S/C19H27N7O/c1-20-19(22-10-6-9-21-16-7-4-3-5-8-16)25-11-12-26(18(27)15-25)17-13-23-24(2)14-17/h3-5,7-8,13-14,21H,6,9-12,15H2,1-2H3,(H,20,22). The third kappa shape index (κ3) is 4.99. The Labute approximate surface area is 159 Å². The first-order chi connectivity index (χ1) is 13.2. The molecule has 1 aromatic heterocycles. The molecule has 1 saturated heterocycles. The second-order valence-electron chi connectivity index (χ2n) is 6.46. The summed E-state index contributed by atoms with van der Waals surface area (Å²) in [5, 5.41) is 10.9. The molecule has 2 N–H and O–H groups in total. The predicted molar refractivity (Wildman–Crippen MR) is 108 cm³/mol. The van der Waals surface area contributed by atoms with Gasteiger partial charge in [-0.15, -0.1) is 0 Å². The average Bonchev–Trinajstić information content (AvgIpc) is 3.11. The summed E-state index contributed by atoms with van der Waals surface area (Å²) in [5.41, 5.74) is 1.97. The van der Waals surface area contributed by atoms with Gasteiger partial charge in [0, 0.05) is 52.2 Å². The lowest BCUT2D eigenvalue weighted by atomic mass is 10.3. The lowest BCUT2D eigenvalue weighted by Gasteiger charge is -2.35. The Bertz CT molecular complexity index is 771. The first kappa shape index (κ1) is 18.8. The molecular weight excluding hydrogens is 342 g/mol. The van der Waals surface area contributed by atoms with Crippen molar-refractivity contribution in [1.29, 1.82) is 0 Å². The third-order valence-corrected chi connectivity index (χ3v) is 4.47. The minimum Gasteiger partial charge on any atom is -0.385 e. The van der Waals surface area contributed by atoms with Gasteiger partial charge in [-0.05, 0) is 18.6 Å². The number of aliphatic imine (C=N–C) groups is 1. The van der Waals surface area contributed by atoms with Crippen LogP contribution in [0.1, 0.15) is 6.42 Å². The zero-order valence-electron chi connectivity index (χ0n) is 15.9. The minimum absolute atomic E-state index is 0.0583. The fourth-order valence-corrected chi connectivity index (χ4v) is 3.08. The van der Waals surface area contributed by atoms with Crippen LogP contribution >= 0.6 is 0 Å². The molecule has 0 bridgehead atoms. The average molecular weight is 369 g/mol. The highest BCUT2D eigenvalue weighted by Crippen LogP contribution is 2.16. The van der Waals surface area contributed by atoms with Crippen LogP contribution in [-0.4, -0.2) is 66.3 Å². The molecule has 0 aliphatic carbocycles. The number of nitrogens with one attached hydrogen (secondary N) is 2. The van der Waals surface area contributed by atoms with Crippen LogP contribution in [0.5, 0.6) is 0 Å². The number of hydrogen-bond donors (Lipinski definition) is 2. The van der Waals surface area contributed by atoms with E-state index in [4.69, 9.17) is 0 Å². The number of nitrogens with zero attached hydrogens (tertiary/aromatic N) is 5. The number of piperazine rings is 1. The van der Waals surface area contributed by atoms with Crippen LogP contribution in [0, 0.1) is 0 Å². The molecule has 2 heterocycles. The van der Waals surface area contributed by atoms with Crippen molar-refractivity contribution in [3.8, 4) is 0 Å². The molecule has 0 radical (unpaired) electrons. The van der Waals surface area contributed by atoms with Crippen LogP contribution in [0.15, 0.2) is 47.7 Å². The van der Waals surface area contributed by atoms with Crippen LogP contribution in [-0.2, 0) is 11.8 Å². The van der Waals surface area contributed by atoms with Crippen molar-refractivity contribution in [2.24, 2.45) is 12.0 Å². The topological polar surface area (TPSA) is 77.8 Å². The van der Waals surface area contributed by atoms with Gasteiger partial charge in [0.05, 0.1) is 11.9 Å². The number of anilines is 2. The molecule has 2 aromatic rings. The van der Waals surface area contributed by atoms with Gasteiger partial charge in [0.1, 0.15) is 6.54 Å². The number of hydrogen-bond acceptors (Lipinski definition) is 4. The van der Waals surface area contributed by atoms with Crippen molar-refractivity contribution in [2.45, 2.75) is 6.42 Å². The molecule has 3 rings (SSSR count). The Kier molecular flexibility index (Phi) is 6.30. The van der Waals surface area contributed by atoms with Crippen molar-refractivity contribution in [3.63, 3.8) is 0 Å². The molecule has 8 heteroatoms. The Morgan fingerprint density at radius 2 is 2.04 bits per heavy atom. The van der Waals surface area contributed by atoms with Gasteiger partial charge in [-0.2, -0.15) is 5.10 Å². The molecular formula is C19H27N7O. The lowest BCUT2D eigenvalue weighted by Crippen LogP contribution is -2.55. The summed E-state index contributed by atoms with van der Waals surface area (Å²) in [7, 11) is 3.60. The summed E-state index contributed by atoms with van der Waals surface area (Å²) >= 11 is 0. The Balaban J connectivity index is 1.42. The number of aromatic nitrogens is 2. The number of carbonyl (C=O) groups is 1. The van der Waals surface area contributed by atoms with Crippen LogP contribution in [0.4, 0.5) is 11.4 Å². The smallest absolute Gasteiger partial charge is 0.246 e. The van der Waals surface area contributed by atoms with E-state index in [2.05, 4.69) is 32.9 Å². The molecule has 1 aliphatic heterocycles. The molecule has 1 amide bonds. The van der Waals surface area contributed by atoms with E-state index < -0.39 is 0 Å². The zero-order chi connectivity index (χ0) is 19.1. The molecule has 0 atom stereocenters. The third-order valence-electron chi connectivity index (χ3n) is 4.47. The molecule has 144 valence electrons. The molecule has 1 aromatic carbocycles. The zero-order valence-corrected chi connectivity index (χ0v) is 15.9. The Morgan fingerprint density at radius 3 is 2.70 bits per heavy atom. The first-order valence-electron chi connectivity index (χ1n) is 9.21. The Morgan fingerprint density at radius 1 is 1.22 bits per heavy atom. The molecule has 1 fully saturated rings. The summed E-state index contributed by atoms with van der Waals surface area (Å²) in [6.07, 6.45) is 4.54. The normalized spacial score (nSPS) is 15.2. The second-order valence-corrected chi connectivity index (χ2v) is 6.46. The number of carbonyl (C=O) groups excluding carboxylic acids is 1. The first-order valence-corrected chi connectivity index (χ1v) is 9.21. The summed E-state index contributed by atoms with van der Waals surface area (Å²) in [6, 6.07) is 10.2. The molecule has 0 spiro atoms. The number of guanidine groups is 1. The molecule has 1 aliphatic rings. The monoisotopic (exact) mass is 369 g/mol. The lowest BCUT2D eigenvalue weighted by molar-refractivity contribution is -0.120. The van der Waals surface area contributed by atoms with E-state index in [0.717, 1.165) is 43.4 Å². The van der Waals surface area contributed by atoms with Crippen LogP contribution in [0.3, 0.4) is 0 Å². The van der Waals surface area contributed by atoms with Crippen molar-refractivity contribution in [2.75, 3.05) is 50.0 Å². The van der Waals surface area contributed by atoms with E-state index >= 15 is 0 Å². The van der Waals surface area contributed by atoms with Crippen LogP contribution in [0.25, 0.3) is 0 Å². The maximum Gasteiger partial charge on any atom is 0.246 e. The number of amides is 1. The van der Waals surface area contributed by atoms with E-state index in [1.54, 1.807) is 22.8 Å². The van der Waals surface area contributed by atoms with Gasteiger partial charge in [-0.3, -0.25) is 14.5 Å². The molecule has 0 unspecified atom stereocenters. The highest BCUT2D eigenvalue weighted by atomic mass is 16.2. The summed E-state index contributed by atoms with van der Waals surface area (Å²) in [6.45, 7) is 3.35. The number of para-hydroxylation sites is 1. The maximum atomic E-state index is 12.5. The fourth-order valence-electron chi connectivity index (χ4n) is 3.08. The van der Waals surface area contributed by atoms with E-state index in [-0.39, 0.29) is 5.91 Å². The van der Waals surface area contributed by atoms with E-state index in [1.165, 1.54) is 0 Å². The van der Waals surface area contributed by atoms with Gasteiger partial charge in [0.25, 0.3) is 0 Å². The highest BCUT2D eigenvalue weighted by Gasteiger charge is 2.27. The van der Waals surface area contributed by atoms with Gasteiger partial charge in [0.2, 0.25) is 5.91 Å². The predicted octanol–water partition coefficient (Wildman–Crippen LogP) is 1.15. The van der Waals surface area contributed by atoms with Crippen LogP contribution in [0.2, 0.25) is 0 Å².